The Bertz CT molecular complexity index is 681. The third-order valence-corrected chi connectivity index (χ3v) is 4.58. The molecule has 1 aliphatic rings. The van der Waals surface area contributed by atoms with Crippen molar-refractivity contribution in [3.05, 3.63) is 71.3 Å². The van der Waals surface area contributed by atoms with Crippen molar-refractivity contribution in [2.45, 2.75) is 31.8 Å². The Labute approximate surface area is 155 Å². The van der Waals surface area contributed by atoms with Gasteiger partial charge in [-0.1, -0.05) is 48.5 Å². The van der Waals surface area contributed by atoms with E-state index in [0.29, 0.717) is 19.8 Å². The van der Waals surface area contributed by atoms with Crippen LogP contribution in [0.5, 0.6) is 0 Å². The highest BCUT2D eigenvalue weighted by Gasteiger charge is 2.15. The van der Waals surface area contributed by atoms with Crippen LogP contribution >= 0.6 is 0 Å². The third kappa shape index (κ3) is 5.68. The minimum atomic E-state index is -0.0179. The molecule has 0 aliphatic carbocycles. The molecule has 0 radical (unpaired) electrons. The van der Waals surface area contributed by atoms with Gasteiger partial charge in [0.25, 0.3) is 5.91 Å². The first-order valence-corrected chi connectivity index (χ1v) is 9.42. The number of rotatable bonds is 9. The van der Waals surface area contributed by atoms with E-state index in [1.807, 2.05) is 42.5 Å². The van der Waals surface area contributed by atoms with Gasteiger partial charge < -0.3 is 14.8 Å². The molecule has 4 nitrogen and oxygen atoms in total. The number of ether oxygens (including phenoxy) is 2. The summed E-state index contributed by atoms with van der Waals surface area (Å²) in [7, 11) is 0. The third-order valence-electron chi connectivity index (χ3n) is 4.58. The van der Waals surface area contributed by atoms with Crippen LogP contribution in [0.3, 0.4) is 0 Å². The second kappa shape index (κ2) is 10.1. The zero-order chi connectivity index (χ0) is 18.0. The van der Waals surface area contributed by atoms with E-state index in [1.165, 1.54) is 5.56 Å². The predicted octanol–water partition coefficient (Wildman–Crippen LogP) is 3.59. The molecule has 1 N–H and O–H groups in total. The first kappa shape index (κ1) is 18.6. The molecular weight excluding hydrogens is 326 g/mol. The lowest BCUT2D eigenvalue weighted by molar-refractivity contribution is 0.0166. The fourth-order valence-corrected chi connectivity index (χ4v) is 3.17. The van der Waals surface area contributed by atoms with E-state index in [4.69, 9.17) is 9.47 Å². The Kier molecular flexibility index (Phi) is 7.23. The molecule has 4 heteroatoms. The molecule has 1 saturated heterocycles. The summed E-state index contributed by atoms with van der Waals surface area (Å²) in [6.07, 6.45) is 4.05. The molecule has 0 saturated carbocycles. The Morgan fingerprint density at radius 3 is 2.73 bits per heavy atom. The number of nitrogens with one attached hydrogen (secondary N) is 1. The van der Waals surface area contributed by atoms with Gasteiger partial charge in [0.2, 0.25) is 0 Å². The van der Waals surface area contributed by atoms with Gasteiger partial charge >= 0.3 is 0 Å². The second-order valence-corrected chi connectivity index (χ2v) is 6.64. The highest BCUT2D eigenvalue weighted by atomic mass is 16.5. The monoisotopic (exact) mass is 353 g/mol. The lowest BCUT2D eigenvalue weighted by Gasteiger charge is -2.12. The van der Waals surface area contributed by atoms with E-state index in [2.05, 4.69) is 17.4 Å². The number of hydrogen-bond donors (Lipinski definition) is 1. The molecule has 2 aromatic carbocycles. The molecule has 1 fully saturated rings. The molecule has 26 heavy (non-hydrogen) atoms. The molecule has 1 atom stereocenters. The van der Waals surface area contributed by atoms with E-state index < -0.39 is 0 Å². The second-order valence-electron chi connectivity index (χ2n) is 6.64. The van der Waals surface area contributed by atoms with Gasteiger partial charge in [-0.05, 0) is 42.9 Å². The standard InChI is InChI=1S/C22H27NO3/c24-22(23-13-7-14-25-17-20-11-6-15-26-20)21-12-5-4-10-19(21)16-18-8-2-1-3-9-18/h1-5,8-10,12,20H,6-7,11,13-17H2,(H,23,24). The molecule has 0 spiro atoms. The van der Waals surface area contributed by atoms with Gasteiger partial charge in [0.15, 0.2) is 0 Å². The van der Waals surface area contributed by atoms with E-state index in [9.17, 15) is 4.79 Å². The Hall–Kier alpha value is -2.17. The van der Waals surface area contributed by atoms with Crippen LogP contribution < -0.4 is 5.32 Å². The summed E-state index contributed by atoms with van der Waals surface area (Å²) in [6, 6.07) is 18.0. The molecule has 2 aromatic rings. The highest BCUT2D eigenvalue weighted by Crippen LogP contribution is 2.14. The minimum absolute atomic E-state index is 0.0179. The van der Waals surface area contributed by atoms with Gasteiger partial charge in [-0.15, -0.1) is 0 Å². The van der Waals surface area contributed by atoms with E-state index in [-0.39, 0.29) is 12.0 Å². The summed E-state index contributed by atoms with van der Waals surface area (Å²) in [5.41, 5.74) is 3.00. The van der Waals surface area contributed by atoms with Crippen LogP contribution in [0.2, 0.25) is 0 Å². The maximum Gasteiger partial charge on any atom is 0.251 e. The van der Waals surface area contributed by atoms with Crippen LogP contribution in [0.1, 0.15) is 40.7 Å². The molecule has 0 aromatic heterocycles. The summed E-state index contributed by atoms with van der Waals surface area (Å²) < 4.78 is 11.2. The van der Waals surface area contributed by atoms with Crippen LogP contribution in [0, 0.1) is 0 Å². The maximum absolute atomic E-state index is 12.5. The normalized spacial score (nSPS) is 16.5. The fourth-order valence-electron chi connectivity index (χ4n) is 3.17. The first-order chi connectivity index (χ1) is 12.8. The average molecular weight is 353 g/mol. The van der Waals surface area contributed by atoms with Gasteiger partial charge in [0.05, 0.1) is 12.7 Å². The molecular formula is C22H27NO3. The van der Waals surface area contributed by atoms with Crippen molar-refractivity contribution >= 4 is 5.91 Å². The fraction of sp³-hybridized carbons (Fsp3) is 0.409. The van der Waals surface area contributed by atoms with Crippen molar-refractivity contribution in [3.63, 3.8) is 0 Å². The van der Waals surface area contributed by atoms with Gasteiger partial charge in [-0.2, -0.15) is 0 Å². The SMILES string of the molecule is O=C(NCCCOCC1CCCO1)c1ccccc1Cc1ccccc1. The molecule has 1 heterocycles. The first-order valence-electron chi connectivity index (χ1n) is 9.42. The highest BCUT2D eigenvalue weighted by molar-refractivity contribution is 5.95. The largest absolute Gasteiger partial charge is 0.379 e. The number of hydrogen-bond acceptors (Lipinski definition) is 3. The Morgan fingerprint density at radius 1 is 1.12 bits per heavy atom. The summed E-state index contributed by atoms with van der Waals surface area (Å²) in [5.74, 6) is -0.0179. The van der Waals surface area contributed by atoms with E-state index in [0.717, 1.165) is 43.4 Å². The van der Waals surface area contributed by atoms with Gasteiger partial charge in [0, 0.05) is 25.3 Å². The van der Waals surface area contributed by atoms with Crippen molar-refractivity contribution < 1.29 is 14.3 Å². The average Bonchev–Trinajstić information content (AvgIpc) is 3.19. The number of carbonyl (C=O) groups is 1. The van der Waals surface area contributed by atoms with Crippen LogP contribution in [0.25, 0.3) is 0 Å². The van der Waals surface area contributed by atoms with Gasteiger partial charge in [-0.3, -0.25) is 4.79 Å². The molecule has 1 amide bonds. The zero-order valence-electron chi connectivity index (χ0n) is 15.2. The van der Waals surface area contributed by atoms with Crippen molar-refractivity contribution in [1.82, 2.24) is 5.32 Å². The van der Waals surface area contributed by atoms with Gasteiger partial charge in [0.1, 0.15) is 0 Å². The lowest BCUT2D eigenvalue weighted by atomic mass is 9.99. The Morgan fingerprint density at radius 2 is 1.92 bits per heavy atom. The van der Waals surface area contributed by atoms with Crippen LogP contribution in [-0.4, -0.2) is 38.4 Å². The molecule has 1 aliphatic heterocycles. The number of carbonyl (C=O) groups excluding carboxylic acids is 1. The zero-order valence-corrected chi connectivity index (χ0v) is 15.2. The molecule has 3 rings (SSSR count). The molecule has 138 valence electrons. The van der Waals surface area contributed by atoms with Crippen molar-refractivity contribution in [1.29, 1.82) is 0 Å². The molecule has 0 bridgehead atoms. The van der Waals surface area contributed by atoms with Crippen LogP contribution in [-0.2, 0) is 15.9 Å². The van der Waals surface area contributed by atoms with Crippen molar-refractivity contribution in [2.75, 3.05) is 26.4 Å². The number of benzene rings is 2. The topological polar surface area (TPSA) is 47.6 Å². The van der Waals surface area contributed by atoms with E-state index >= 15 is 0 Å². The van der Waals surface area contributed by atoms with Crippen molar-refractivity contribution in [3.8, 4) is 0 Å². The smallest absolute Gasteiger partial charge is 0.251 e. The van der Waals surface area contributed by atoms with Gasteiger partial charge in [-0.25, -0.2) is 0 Å². The maximum atomic E-state index is 12.5. The van der Waals surface area contributed by atoms with Crippen LogP contribution in [0.4, 0.5) is 0 Å². The molecule has 1 unspecified atom stereocenters. The van der Waals surface area contributed by atoms with Crippen molar-refractivity contribution in [2.24, 2.45) is 0 Å². The Balaban J connectivity index is 1.42. The summed E-state index contributed by atoms with van der Waals surface area (Å²) >= 11 is 0. The quantitative estimate of drug-likeness (QED) is 0.701. The summed E-state index contributed by atoms with van der Waals surface area (Å²) in [4.78, 5) is 12.5. The van der Waals surface area contributed by atoms with Crippen LogP contribution in [0.15, 0.2) is 54.6 Å². The van der Waals surface area contributed by atoms with E-state index in [1.54, 1.807) is 0 Å². The predicted molar refractivity (Wildman–Crippen MR) is 102 cm³/mol. The summed E-state index contributed by atoms with van der Waals surface area (Å²) in [5, 5.41) is 3.00. The minimum Gasteiger partial charge on any atom is -0.379 e. The summed E-state index contributed by atoms with van der Waals surface area (Å²) in [6.45, 7) is 2.77. The lowest BCUT2D eigenvalue weighted by Crippen LogP contribution is -2.26. The number of amides is 1.